The predicted octanol–water partition coefficient (Wildman–Crippen LogP) is 3.05. The summed E-state index contributed by atoms with van der Waals surface area (Å²) in [5, 5.41) is 0. The van der Waals surface area contributed by atoms with Crippen molar-refractivity contribution in [2.24, 2.45) is 11.8 Å². The van der Waals surface area contributed by atoms with E-state index in [1.165, 1.54) is 17.7 Å². The Morgan fingerprint density at radius 2 is 2.17 bits per heavy atom. The molecule has 2 heteroatoms. The zero-order valence-electron chi connectivity index (χ0n) is 11.1. The lowest BCUT2D eigenvalue weighted by molar-refractivity contribution is -0.120. The van der Waals surface area contributed by atoms with Crippen LogP contribution >= 0.6 is 0 Å². The predicted molar refractivity (Wildman–Crippen MR) is 73.9 cm³/mol. The average Bonchev–Trinajstić information content (AvgIpc) is 2.75. The number of para-hydroxylation sites is 1. The van der Waals surface area contributed by atoms with Gasteiger partial charge in [-0.15, -0.1) is 0 Å². The Kier molecular flexibility index (Phi) is 3.11. The number of benzene rings is 1. The number of fused-ring (bicyclic) bond motifs is 1. The maximum absolute atomic E-state index is 11.8. The van der Waals surface area contributed by atoms with Crippen LogP contribution in [0.1, 0.15) is 31.7 Å². The van der Waals surface area contributed by atoms with Crippen LogP contribution in [0.4, 0.5) is 5.69 Å². The van der Waals surface area contributed by atoms with E-state index >= 15 is 0 Å². The third kappa shape index (κ3) is 2.16. The minimum absolute atomic E-state index is 0.281. The molecule has 1 aliphatic carbocycles. The van der Waals surface area contributed by atoms with E-state index in [0.29, 0.717) is 11.7 Å². The van der Waals surface area contributed by atoms with Gasteiger partial charge in [-0.2, -0.15) is 0 Å². The summed E-state index contributed by atoms with van der Waals surface area (Å²) in [4.78, 5) is 14.3. The van der Waals surface area contributed by atoms with E-state index in [-0.39, 0.29) is 5.92 Å². The van der Waals surface area contributed by atoms with Gasteiger partial charge in [-0.3, -0.25) is 4.79 Å². The van der Waals surface area contributed by atoms with Crippen molar-refractivity contribution >= 4 is 11.5 Å². The summed E-state index contributed by atoms with van der Waals surface area (Å²) in [7, 11) is 0. The Morgan fingerprint density at radius 3 is 2.94 bits per heavy atom. The van der Waals surface area contributed by atoms with Crippen molar-refractivity contribution in [3.63, 3.8) is 0 Å². The van der Waals surface area contributed by atoms with E-state index < -0.39 is 0 Å². The highest BCUT2D eigenvalue weighted by Gasteiger charge is 2.29. The molecule has 0 saturated heterocycles. The molecule has 1 saturated carbocycles. The third-order valence-corrected chi connectivity index (χ3v) is 4.30. The number of hydrogen-bond acceptors (Lipinski definition) is 2. The lowest BCUT2D eigenvalue weighted by Gasteiger charge is -2.36. The minimum atomic E-state index is 0.281. The van der Waals surface area contributed by atoms with Crippen LogP contribution in [0.25, 0.3) is 0 Å². The lowest BCUT2D eigenvalue weighted by Crippen LogP contribution is -2.38. The van der Waals surface area contributed by atoms with Gasteiger partial charge in [0.1, 0.15) is 5.78 Å². The lowest BCUT2D eigenvalue weighted by atomic mass is 9.92. The summed E-state index contributed by atoms with van der Waals surface area (Å²) >= 11 is 0. The smallest absolute Gasteiger partial charge is 0.137 e. The van der Waals surface area contributed by atoms with E-state index in [4.69, 9.17) is 0 Å². The highest BCUT2D eigenvalue weighted by molar-refractivity contribution is 5.83. The molecule has 18 heavy (non-hydrogen) atoms. The Morgan fingerprint density at radius 1 is 1.33 bits per heavy atom. The fraction of sp³-hybridized carbons (Fsp3) is 0.562. The first-order chi connectivity index (χ1) is 8.74. The van der Waals surface area contributed by atoms with E-state index in [1.807, 2.05) is 0 Å². The topological polar surface area (TPSA) is 20.3 Å². The van der Waals surface area contributed by atoms with Crippen molar-refractivity contribution in [2.45, 2.75) is 32.6 Å². The van der Waals surface area contributed by atoms with Gasteiger partial charge in [0.05, 0.1) is 0 Å². The molecule has 2 atom stereocenters. The number of carbonyl (C=O) groups is 1. The highest BCUT2D eigenvalue weighted by atomic mass is 16.1. The van der Waals surface area contributed by atoms with Gasteiger partial charge < -0.3 is 4.90 Å². The van der Waals surface area contributed by atoms with Crippen LogP contribution in [-0.4, -0.2) is 18.9 Å². The second-order valence-corrected chi connectivity index (χ2v) is 5.90. The van der Waals surface area contributed by atoms with Gasteiger partial charge in [0.2, 0.25) is 0 Å². The van der Waals surface area contributed by atoms with Crippen molar-refractivity contribution in [2.75, 3.05) is 18.0 Å². The number of nitrogens with zero attached hydrogens (tertiary/aromatic N) is 1. The molecule has 0 amide bonds. The molecule has 1 aromatic carbocycles. The first kappa shape index (κ1) is 11.8. The zero-order chi connectivity index (χ0) is 12.5. The minimum Gasteiger partial charge on any atom is -0.370 e. The van der Waals surface area contributed by atoms with Crippen molar-refractivity contribution in [3.05, 3.63) is 29.8 Å². The summed E-state index contributed by atoms with van der Waals surface area (Å²) < 4.78 is 0. The monoisotopic (exact) mass is 243 g/mol. The molecule has 0 radical (unpaired) electrons. The zero-order valence-corrected chi connectivity index (χ0v) is 11.1. The maximum Gasteiger partial charge on any atom is 0.137 e. The van der Waals surface area contributed by atoms with Crippen LogP contribution in [0, 0.1) is 11.8 Å². The van der Waals surface area contributed by atoms with Gasteiger partial charge in [0, 0.05) is 31.1 Å². The summed E-state index contributed by atoms with van der Waals surface area (Å²) in [5.41, 5.74) is 2.80. The van der Waals surface area contributed by atoms with Gasteiger partial charge >= 0.3 is 0 Å². The molecule has 3 rings (SSSR count). The first-order valence-corrected chi connectivity index (χ1v) is 7.09. The molecule has 2 nitrogen and oxygen atoms in total. The number of rotatable bonds is 2. The molecule has 1 aliphatic heterocycles. The number of carbonyl (C=O) groups excluding carboxylic acids is 1. The van der Waals surface area contributed by atoms with Crippen molar-refractivity contribution < 1.29 is 4.79 Å². The molecule has 1 heterocycles. The summed E-state index contributed by atoms with van der Waals surface area (Å²) in [6, 6.07) is 8.67. The van der Waals surface area contributed by atoms with Gasteiger partial charge in [0.25, 0.3) is 0 Å². The summed E-state index contributed by atoms with van der Waals surface area (Å²) in [5.74, 6) is 1.45. The molecule has 96 valence electrons. The Balaban J connectivity index is 1.81. The van der Waals surface area contributed by atoms with E-state index in [1.54, 1.807) is 0 Å². The molecule has 0 spiro atoms. The third-order valence-electron chi connectivity index (χ3n) is 4.30. The second kappa shape index (κ2) is 4.75. The van der Waals surface area contributed by atoms with Gasteiger partial charge in [-0.05, 0) is 36.8 Å². The standard InChI is InChI=1S/C16H21NO/c1-12-9-13-5-2-3-7-15(13)17(10-12)11-14-6-4-8-16(14)18/h2-3,5,7,12,14H,4,6,8-11H2,1H3. The summed E-state index contributed by atoms with van der Waals surface area (Å²) in [6.07, 6.45) is 4.15. The molecule has 2 unspecified atom stereocenters. The largest absolute Gasteiger partial charge is 0.370 e. The van der Waals surface area contributed by atoms with Crippen molar-refractivity contribution in [1.82, 2.24) is 0 Å². The van der Waals surface area contributed by atoms with Crippen LogP contribution in [0.2, 0.25) is 0 Å². The number of hydrogen-bond donors (Lipinski definition) is 0. The number of anilines is 1. The number of Topliss-reactive ketones (excluding diaryl/α,β-unsaturated/α-hetero) is 1. The SMILES string of the molecule is CC1Cc2ccccc2N(CC2CCCC2=O)C1. The molecular formula is C16H21NO. The maximum atomic E-state index is 11.8. The highest BCUT2D eigenvalue weighted by Crippen LogP contribution is 2.32. The van der Waals surface area contributed by atoms with Crippen LogP contribution in [0.3, 0.4) is 0 Å². The molecule has 0 bridgehead atoms. The van der Waals surface area contributed by atoms with Gasteiger partial charge in [-0.1, -0.05) is 25.1 Å². The molecule has 1 aromatic rings. The fourth-order valence-electron chi connectivity index (χ4n) is 3.43. The van der Waals surface area contributed by atoms with Crippen molar-refractivity contribution in [3.8, 4) is 0 Å². The molecule has 1 fully saturated rings. The van der Waals surface area contributed by atoms with E-state index in [2.05, 4.69) is 36.1 Å². The average molecular weight is 243 g/mol. The Labute approximate surface area is 109 Å². The molecule has 0 N–H and O–H groups in total. The van der Waals surface area contributed by atoms with E-state index in [9.17, 15) is 4.79 Å². The van der Waals surface area contributed by atoms with Crippen molar-refractivity contribution in [1.29, 1.82) is 0 Å². The second-order valence-electron chi connectivity index (χ2n) is 5.90. The quantitative estimate of drug-likeness (QED) is 0.795. The normalized spacial score (nSPS) is 27.4. The Bertz CT molecular complexity index is 454. The van der Waals surface area contributed by atoms with E-state index in [0.717, 1.165) is 32.4 Å². The summed E-state index contributed by atoms with van der Waals surface area (Å²) in [6.45, 7) is 4.33. The van der Waals surface area contributed by atoms with Crippen LogP contribution < -0.4 is 4.90 Å². The molecule has 0 aromatic heterocycles. The van der Waals surface area contributed by atoms with Crippen LogP contribution in [0.5, 0.6) is 0 Å². The molecular weight excluding hydrogens is 222 g/mol. The van der Waals surface area contributed by atoms with Crippen LogP contribution in [0.15, 0.2) is 24.3 Å². The fourth-order valence-corrected chi connectivity index (χ4v) is 3.43. The van der Waals surface area contributed by atoms with Crippen LogP contribution in [-0.2, 0) is 11.2 Å². The number of ketones is 1. The molecule has 2 aliphatic rings. The first-order valence-electron chi connectivity index (χ1n) is 7.09. The van der Waals surface area contributed by atoms with Gasteiger partial charge in [0.15, 0.2) is 0 Å². The Hall–Kier alpha value is -1.31. The van der Waals surface area contributed by atoms with Gasteiger partial charge in [-0.25, -0.2) is 0 Å².